The Hall–Kier alpha value is -6.77. The van der Waals surface area contributed by atoms with Crippen molar-refractivity contribution in [3.8, 4) is 0 Å². The first-order valence-corrected chi connectivity index (χ1v) is 21.8. The van der Waals surface area contributed by atoms with Crippen molar-refractivity contribution in [1.82, 2.24) is 0 Å². The Morgan fingerprint density at radius 3 is 1.63 bits per heavy atom. The minimum Gasteiger partial charge on any atom is -0.459 e. The van der Waals surface area contributed by atoms with E-state index in [1.54, 1.807) is 31.2 Å². The molecule has 4 aromatic rings. The van der Waals surface area contributed by atoms with Crippen LogP contribution in [0.5, 0.6) is 0 Å². The number of nitro groups is 3. The summed E-state index contributed by atoms with van der Waals surface area (Å²) in [5.41, 5.74) is -1.58. The van der Waals surface area contributed by atoms with Gasteiger partial charge in [-0.15, -0.1) is 11.8 Å². The molecule has 65 heavy (non-hydrogen) atoms. The van der Waals surface area contributed by atoms with Crippen LogP contribution < -0.4 is 0 Å². The molecule has 6 atom stereocenters. The van der Waals surface area contributed by atoms with Crippen molar-refractivity contribution in [2.75, 3.05) is 12.4 Å². The van der Waals surface area contributed by atoms with Gasteiger partial charge in [-0.2, -0.15) is 0 Å². The van der Waals surface area contributed by atoms with E-state index in [2.05, 4.69) is 0 Å². The highest BCUT2D eigenvalue weighted by atomic mass is 32.2. The molecule has 1 aliphatic carbocycles. The molecule has 342 valence electrons. The zero-order valence-corrected chi connectivity index (χ0v) is 35.8. The number of benzene rings is 4. The Labute approximate surface area is 376 Å². The Morgan fingerprint density at radius 1 is 0.646 bits per heavy atom. The predicted molar refractivity (Wildman–Crippen MR) is 231 cm³/mol. The predicted octanol–water partition coefficient (Wildman–Crippen LogP) is 7.96. The summed E-state index contributed by atoms with van der Waals surface area (Å²) in [6, 6.07) is 22.7. The van der Waals surface area contributed by atoms with Gasteiger partial charge in [-0.3, -0.25) is 30.3 Å². The molecule has 0 N–H and O–H groups in total. The number of rotatable bonds is 19. The number of hydrogen-bond acceptors (Lipinski definition) is 17. The third kappa shape index (κ3) is 12.9. The highest BCUT2D eigenvalue weighted by Gasteiger charge is 2.53. The molecule has 4 aromatic carbocycles. The van der Waals surface area contributed by atoms with Gasteiger partial charge < -0.3 is 28.4 Å². The molecule has 1 aliphatic heterocycles. The SMILES string of the molecule is CCS[C@@H]1O[C@@H](COC(=O)c2ccc([N+](=O)[O-])cc2)C(OC(=O)c2ccc([N+](=O)[O-])cc2)C(O[C@@H](CC2CCCCC2)C(=O)OCc2ccccc2)C1OC(=O)c1ccc([N+](=O)[O-])cc1. The second-order valence-electron chi connectivity index (χ2n) is 15.2. The van der Waals surface area contributed by atoms with Crippen LogP contribution in [-0.2, 0) is 39.8 Å². The van der Waals surface area contributed by atoms with Crippen molar-refractivity contribution < 1.29 is 62.4 Å². The van der Waals surface area contributed by atoms with E-state index in [0.717, 1.165) is 92.4 Å². The smallest absolute Gasteiger partial charge is 0.338 e. The first kappa shape index (κ1) is 47.7. The summed E-state index contributed by atoms with van der Waals surface area (Å²) in [5.74, 6) is -3.32. The van der Waals surface area contributed by atoms with Crippen molar-refractivity contribution in [3.63, 3.8) is 0 Å². The molecule has 0 radical (unpaired) electrons. The van der Waals surface area contributed by atoms with E-state index in [1.807, 2.05) is 6.07 Å². The van der Waals surface area contributed by atoms with E-state index in [-0.39, 0.29) is 52.7 Å². The van der Waals surface area contributed by atoms with Gasteiger partial charge in [0, 0.05) is 36.4 Å². The summed E-state index contributed by atoms with van der Waals surface area (Å²) < 4.78 is 37.0. The van der Waals surface area contributed by atoms with Crippen LogP contribution in [0.25, 0.3) is 0 Å². The van der Waals surface area contributed by atoms with Gasteiger partial charge in [0.05, 0.1) is 31.5 Å². The van der Waals surface area contributed by atoms with Gasteiger partial charge in [-0.1, -0.05) is 69.4 Å². The lowest BCUT2D eigenvalue weighted by Crippen LogP contribution is -2.62. The molecule has 2 fully saturated rings. The number of esters is 4. The maximum absolute atomic E-state index is 14.2. The second kappa shape index (κ2) is 22.7. The number of ether oxygens (including phenoxy) is 6. The highest BCUT2D eigenvalue weighted by Crippen LogP contribution is 2.38. The number of carbonyl (C=O) groups excluding carboxylic acids is 4. The minimum absolute atomic E-state index is 0.0133. The molecule has 3 unspecified atom stereocenters. The van der Waals surface area contributed by atoms with Gasteiger partial charge in [-0.25, -0.2) is 19.2 Å². The first-order chi connectivity index (χ1) is 31.3. The maximum Gasteiger partial charge on any atom is 0.338 e. The van der Waals surface area contributed by atoms with Crippen LogP contribution in [0.3, 0.4) is 0 Å². The molecule has 0 bridgehead atoms. The third-order valence-corrected chi connectivity index (χ3v) is 11.9. The number of carbonyl (C=O) groups is 4. The van der Waals surface area contributed by atoms with E-state index >= 15 is 0 Å². The topological polar surface area (TPSA) is 253 Å². The maximum atomic E-state index is 14.2. The lowest BCUT2D eigenvalue weighted by atomic mass is 9.85. The lowest BCUT2D eigenvalue weighted by Gasteiger charge is -2.45. The van der Waals surface area contributed by atoms with Gasteiger partial charge in [0.15, 0.2) is 18.3 Å². The van der Waals surface area contributed by atoms with E-state index in [1.165, 1.54) is 24.3 Å². The largest absolute Gasteiger partial charge is 0.459 e. The standard InChI is InChI=1S/C45H45N3O16S/c1-2-65-45-40(64-43(51)32-17-23-35(24-18-32)48(57)58)39(61-36(25-28-9-5-3-6-10-28)44(52)59-26-29-11-7-4-8-12-29)38(63-42(50)31-15-21-34(22-16-31)47(55)56)37(62-45)27-60-41(49)30-13-19-33(20-14-30)46(53)54/h4,7-8,11-24,28,36-40,45H,2-3,5-6,9-10,25-27H2,1H3/t36-,37-,38?,39?,40?,45-/m0/s1. The van der Waals surface area contributed by atoms with Crippen molar-refractivity contribution in [1.29, 1.82) is 0 Å². The lowest BCUT2D eigenvalue weighted by molar-refractivity contribution is -0.385. The van der Waals surface area contributed by atoms with Gasteiger partial charge in [-0.05, 0) is 60.1 Å². The number of nitrogens with zero attached hydrogens (tertiary/aromatic N) is 3. The summed E-state index contributed by atoms with van der Waals surface area (Å²) in [6.07, 6.45) is -2.82. The third-order valence-electron chi connectivity index (χ3n) is 10.8. The van der Waals surface area contributed by atoms with Crippen molar-refractivity contribution in [3.05, 3.63) is 156 Å². The molecule has 0 spiro atoms. The van der Waals surface area contributed by atoms with Crippen LogP contribution in [0.2, 0.25) is 0 Å². The number of thioether (sulfide) groups is 1. The number of nitro benzene ring substituents is 3. The van der Waals surface area contributed by atoms with Gasteiger partial charge in [0.1, 0.15) is 30.9 Å². The molecule has 0 aromatic heterocycles. The van der Waals surface area contributed by atoms with E-state index in [0.29, 0.717) is 11.3 Å². The Balaban J connectivity index is 1.41. The Kier molecular flexibility index (Phi) is 16.7. The molecule has 2 aliphatic rings. The van der Waals surface area contributed by atoms with Gasteiger partial charge in [0.25, 0.3) is 17.1 Å². The molecule has 19 nitrogen and oxygen atoms in total. The fraction of sp³-hybridized carbons (Fsp3) is 0.378. The first-order valence-electron chi connectivity index (χ1n) is 20.8. The Morgan fingerprint density at radius 2 is 1.14 bits per heavy atom. The summed E-state index contributed by atoms with van der Waals surface area (Å²) in [5, 5.41) is 34.1. The summed E-state index contributed by atoms with van der Waals surface area (Å²) >= 11 is 1.15. The molecular weight excluding hydrogens is 871 g/mol. The zero-order chi connectivity index (χ0) is 46.5. The van der Waals surface area contributed by atoms with Crippen molar-refractivity contribution >= 4 is 52.7 Å². The monoisotopic (exact) mass is 915 g/mol. The van der Waals surface area contributed by atoms with Crippen LogP contribution in [-0.4, -0.2) is 87.0 Å². The average molecular weight is 916 g/mol. The molecule has 1 heterocycles. The van der Waals surface area contributed by atoms with Crippen molar-refractivity contribution in [2.45, 2.75) is 88.0 Å². The van der Waals surface area contributed by atoms with Gasteiger partial charge in [0.2, 0.25) is 0 Å². The average Bonchev–Trinajstić information content (AvgIpc) is 3.32. The van der Waals surface area contributed by atoms with Crippen LogP contribution in [0.1, 0.15) is 82.1 Å². The van der Waals surface area contributed by atoms with Crippen LogP contribution in [0.15, 0.2) is 103 Å². The highest BCUT2D eigenvalue weighted by molar-refractivity contribution is 7.99. The van der Waals surface area contributed by atoms with E-state index in [9.17, 15) is 49.5 Å². The van der Waals surface area contributed by atoms with Crippen LogP contribution >= 0.6 is 11.8 Å². The summed E-state index contributed by atoms with van der Waals surface area (Å²) in [4.78, 5) is 87.8. The van der Waals surface area contributed by atoms with Crippen LogP contribution in [0.4, 0.5) is 17.1 Å². The second-order valence-corrected chi connectivity index (χ2v) is 16.5. The molecular formula is C45H45N3O16S. The van der Waals surface area contributed by atoms with E-state index < -0.39 is 81.2 Å². The fourth-order valence-electron chi connectivity index (χ4n) is 7.46. The fourth-order valence-corrected chi connectivity index (χ4v) is 8.41. The molecule has 1 saturated heterocycles. The number of non-ortho nitro benzene ring substituents is 3. The van der Waals surface area contributed by atoms with Gasteiger partial charge >= 0.3 is 23.9 Å². The summed E-state index contributed by atoms with van der Waals surface area (Å²) in [6.45, 7) is 1.06. The quantitative estimate of drug-likeness (QED) is 0.0374. The molecule has 0 amide bonds. The molecule has 1 saturated carbocycles. The molecule has 6 rings (SSSR count). The Bertz CT molecular complexity index is 2310. The van der Waals surface area contributed by atoms with E-state index in [4.69, 9.17) is 28.4 Å². The van der Waals surface area contributed by atoms with Crippen molar-refractivity contribution in [2.24, 2.45) is 5.92 Å². The summed E-state index contributed by atoms with van der Waals surface area (Å²) in [7, 11) is 0. The van der Waals surface area contributed by atoms with Crippen LogP contribution in [0, 0.1) is 36.3 Å². The normalized spacial score (nSPS) is 20.1. The number of hydrogen-bond donors (Lipinski definition) is 0. The zero-order valence-electron chi connectivity index (χ0n) is 35.0. The minimum atomic E-state index is -1.64. The molecule has 20 heteroatoms.